The number of amides is 1. The second kappa shape index (κ2) is 12.5. The molecule has 0 saturated heterocycles. The Balaban J connectivity index is 1.49. The average molecular weight is 553 g/mol. The van der Waals surface area contributed by atoms with Crippen LogP contribution in [0.4, 0.5) is 0 Å². The van der Waals surface area contributed by atoms with Gasteiger partial charge in [0.25, 0.3) is 0 Å². The number of hydrogen-bond donors (Lipinski definition) is 1. The van der Waals surface area contributed by atoms with Gasteiger partial charge in [0, 0.05) is 10.9 Å². The first kappa shape index (κ1) is 27.1. The van der Waals surface area contributed by atoms with Crippen molar-refractivity contribution in [2.45, 2.75) is 20.0 Å². The minimum atomic E-state index is -0.477. The van der Waals surface area contributed by atoms with Gasteiger partial charge in [0.15, 0.2) is 17.3 Å². The summed E-state index contributed by atoms with van der Waals surface area (Å²) in [6, 6.07) is 16.0. The van der Waals surface area contributed by atoms with Crippen LogP contribution in [-0.2, 0) is 13.0 Å². The minimum absolute atomic E-state index is 0.141. The molecule has 1 amide bonds. The van der Waals surface area contributed by atoms with Gasteiger partial charge in [-0.05, 0) is 73.0 Å². The summed E-state index contributed by atoms with van der Waals surface area (Å²) in [6.45, 7) is 6.56. The average Bonchev–Trinajstić information content (AvgIpc) is 3.34. The lowest BCUT2D eigenvalue weighted by atomic mass is 10.1. The first-order valence-corrected chi connectivity index (χ1v) is 12.6. The predicted octanol–water partition coefficient (Wildman–Crippen LogP) is 7.22. The third-order valence-electron chi connectivity index (χ3n) is 5.51. The molecule has 0 atom stereocenters. The van der Waals surface area contributed by atoms with Crippen LogP contribution in [0.25, 0.3) is 11.0 Å². The Morgan fingerprint density at radius 3 is 2.66 bits per heavy atom. The van der Waals surface area contributed by atoms with Gasteiger partial charge < -0.3 is 18.6 Å². The number of halogens is 2. The summed E-state index contributed by atoms with van der Waals surface area (Å²) in [5, 5.41) is 5.79. The van der Waals surface area contributed by atoms with Gasteiger partial charge >= 0.3 is 5.91 Å². The molecule has 38 heavy (non-hydrogen) atoms. The number of carbonyl (C=O) groups is 1. The van der Waals surface area contributed by atoms with Crippen LogP contribution in [0.1, 0.15) is 34.2 Å². The molecule has 0 bridgehead atoms. The number of allylic oxidation sites excluding steroid dienone is 1. The maximum Gasteiger partial charge on any atom is 0.307 e. The summed E-state index contributed by atoms with van der Waals surface area (Å²) < 4.78 is 22.8. The normalized spacial score (nSPS) is 11.1. The van der Waals surface area contributed by atoms with E-state index in [9.17, 15) is 4.79 Å². The molecule has 0 fully saturated rings. The fourth-order valence-electron chi connectivity index (χ4n) is 3.78. The van der Waals surface area contributed by atoms with Crippen molar-refractivity contribution >= 4 is 46.3 Å². The molecule has 7 nitrogen and oxygen atoms in total. The lowest BCUT2D eigenvalue weighted by Crippen LogP contribution is -2.16. The SMILES string of the molecule is C=CCc1cc(/C=N/NC(=O)c2cc3cc(OCC)ccc3o2)cc(OC)c1OCc1ccc(Cl)c(Cl)c1. The van der Waals surface area contributed by atoms with Crippen molar-refractivity contribution in [3.63, 3.8) is 0 Å². The zero-order valence-electron chi connectivity index (χ0n) is 20.9. The van der Waals surface area contributed by atoms with Crippen LogP contribution in [0.5, 0.6) is 17.2 Å². The van der Waals surface area contributed by atoms with Crippen LogP contribution < -0.4 is 19.6 Å². The van der Waals surface area contributed by atoms with E-state index >= 15 is 0 Å². The summed E-state index contributed by atoms with van der Waals surface area (Å²) in [5.41, 5.74) is 5.48. The molecule has 4 aromatic rings. The quantitative estimate of drug-likeness (QED) is 0.121. The summed E-state index contributed by atoms with van der Waals surface area (Å²) in [6.07, 6.45) is 3.82. The number of methoxy groups -OCH3 is 1. The smallest absolute Gasteiger partial charge is 0.307 e. The number of nitrogens with one attached hydrogen (secondary N) is 1. The summed E-state index contributed by atoms with van der Waals surface area (Å²) >= 11 is 12.1. The molecule has 0 aliphatic heterocycles. The van der Waals surface area contributed by atoms with Crippen LogP contribution in [0, 0.1) is 0 Å². The van der Waals surface area contributed by atoms with E-state index in [1.165, 1.54) is 6.21 Å². The van der Waals surface area contributed by atoms with Gasteiger partial charge in [-0.25, -0.2) is 5.43 Å². The molecule has 0 aliphatic rings. The largest absolute Gasteiger partial charge is 0.494 e. The highest BCUT2D eigenvalue weighted by Crippen LogP contribution is 2.34. The van der Waals surface area contributed by atoms with Gasteiger partial charge in [-0.15, -0.1) is 6.58 Å². The third kappa shape index (κ3) is 6.49. The topological polar surface area (TPSA) is 82.3 Å². The lowest BCUT2D eigenvalue weighted by Gasteiger charge is -2.16. The molecule has 0 radical (unpaired) electrons. The molecule has 0 unspecified atom stereocenters. The van der Waals surface area contributed by atoms with E-state index in [0.717, 1.165) is 16.5 Å². The van der Waals surface area contributed by atoms with Crippen LogP contribution >= 0.6 is 23.2 Å². The first-order valence-electron chi connectivity index (χ1n) is 11.8. The van der Waals surface area contributed by atoms with E-state index in [2.05, 4.69) is 17.1 Å². The maximum absolute atomic E-state index is 12.6. The van der Waals surface area contributed by atoms with Gasteiger partial charge in [-0.3, -0.25) is 4.79 Å². The number of ether oxygens (including phenoxy) is 3. The number of carbonyl (C=O) groups excluding carboxylic acids is 1. The molecule has 0 spiro atoms. The molecule has 3 aromatic carbocycles. The number of hydrogen-bond acceptors (Lipinski definition) is 6. The highest BCUT2D eigenvalue weighted by molar-refractivity contribution is 6.42. The Kier molecular flexibility index (Phi) is 8.94. The number of hydrazone groups is 1. The van der Waals surface area contributed by atoms with Gasteiger partial charge in [-0.1, -0.05) is 35.3 Å². The number of nitrogens with zero attached hydrogens (tertiary/aromatic N) is 1. The summed E-state index contributed by atoms with van der Waals surface area (Å²) in [5.74, 6) is 1.46. The molecule has 1 aromatic heterocycles. The molecule has 0 saturated carbocycles. The molecule has 9 heteroatoms. The van der Waals surface area contributed by atoms with E-state index in [0.29, 0.717) is 51.5 Å². The second-order valence-electron chi connectivity index (χ2n) is 8.18. The van der Waals surface area contributed by atoms with Crippen molar-refractivity contribution in [3.8, 4) is 17.2 Å². The maximum atomic E-state index is 12.6. The third-order valence-corrected chi connectivity index (χ3v) is 6.25. The van der Waals surface area contributed by atoms with Crippen molar-refractivity contribution in [1.82, 2.24) is 5.43 Å². The van der Waals surface area contributed by atoms with Crippen molar-refractivity contribution in [2.24, 2.45) is 5.10 Å². The molecule has 1 N–H and O–H groups in total. The fourth-order valence-corrected chi connectivity index (χ4v) is 4.10. The van der Waals surface area contributed by atoms with Gasteiger partial charge in [-0.2, -0.15) is 5.10 Å². The Hall–Kier alpha value is -3.94. The predicted molar refractivity (Wildman–Crippen MR) is 150 cm³/mol. The monoisotopic (exact) mass is 552 g/mol. The van der Waals surface area contributed by atoms with Crippen LogP contribution in [-0.4, -0.2) is 25.8 Å². The first-order chi connectivity index (χ1) is 18.4. The molecule has 4 rings (SSSR count). The van der Waals surface area contributed by atoms with Gasteiger partial charge in [0.2, 0.25) is 0 Å². The van der Waals surface area contributed by atoms with Gasteiger partial charge in [0.1, 0.15) is 17.9 Å². The van der Waals surface area contributed by atoms with Crippen LogP contribution in [0.15, 0.2) is 76.8 Å². The van der Waals surface area contributed by atoms with E-state index < -0.39 is 5.91 Å². The molecule has 196 valence electrons. The number of rotatable bonds is 11. The Morgan fingerprint density at radius 2 is 1.92 bits per heavy atom. The lowest BCUT2D eigenvalue weighted by molar-refractivity contribution is 0.0929. The summed E-state index contributed by atoms with van der Waals surface area (Å²) in [7, 11) is 1.56. The Labute approximate surface area is 230 Å². The van der Waals surface area contributed by atoms with Crippen molar-refractivity contribution in [1.29, 1.82) is 0 Å². The fraction of sp³-hybridized carbons (Fsp3) is 0.172. The van der Waals surface area contributed by atoms with Crippen molar-refractivity contribution in [3.05, 3.63) is 99.7 Å². The molecule has 0 aliphatic carbocycles. The molecular formula is C29H26Cl2N2O5. The highest BCUT2D eigenvalue weighted by atomic mass is 35.5. The number of furan rings is 1. The summed E-state index contributed by atoms with van der Waals surface area (Å²) in [4.78, 5) is 12.6. The van der Waals surface area contributed by atoms with E-state index in [-0.39, 0.29) is 12.4 Å². The zero-order valence-corrected chi connectivity index (χ0v) is 22.4. The van der Waals surface area contributed by atoms with E-state index in [1.807, 2.05) is 25.1 Å². The number of fused-ring (bicyclic) bond motifs is 1. The molecule has 1 heterocycles. The van der Waals surface area contributed by atoms with Crippen molar-refractivity contribution < 1.29 is 23.4 Å². The van der Waals surface area contributed by atoms with Crippen LogP contribution in [0.3, 0.4) is 0 Å². The van der Waals surface area contributed by atoms with Gasteiger partial charge in [0.05, 0.1) is 30.0 Å². The van der Waals surface area contributed by atoms with E-state index in [4.69, 9.17) is 41.8 Å². The van der Waals surface area contributed by atoms with Crippen LogP contribution in [0.2, 0.25) is 10.0 Å². The minimum Gasteiger partial charge on any atom is -0.494 e. The van der Waals surface area contributed by atoms with E-state index in [1.54, 1.807) is 49.6 Å². The Morgan fingerprint density at radius 1 is 1.08 bits per heavy atom. The number of benzene rings is 3. The van der Waals surface area contributed by atoms with Crippen molar-refractivity contribution in [2.75, 3.05) is 13.7 Å². The highest BCUT2D eigenvalue weighted by Gasteiger charge is 2.15. The second-order valence-corrected chi connectivity index (χ2v) is 9.00. The zero-order chi connectivity index (χ0) is 27.1. The molecular weight excluding hydrogens is 527 g/mol. The standard InChI is InChI=1S/C29H26Cl2N2O5/c1-4-6-20-11-19(13-26(35-3)28(20)37-17-18-7-9-23(30)24(31)12-18)16-32-33-29(34)27-15-21-14-22(36-5-2)8-10-25(21)38-27/h4,7-16H,1,5-6,17H2,2-3H3,(H,33,34)/b32-16+. The Bertz CT molecular complexity index is 1500.